The van der Waals surface area contributed by atoms with Crippen molar-refractivity contribution in [1.82, 2.24) is 20.9 Å². The molecule has 0 fully saturated rings. The van der Waals surface area contributed by atoms with E-state index in [2.05, 4.69) is 10.9 Å². The van der Waals surface area contributed by atoms with Crippen LogP contribution in [0.3, 0.4) is 0 Å². The van der Waals surface area contributed by atoms with Crippen LogP contribution in [0.2, 0.25) is 10.0 Å². The molecule has 0 aliphatic rings. The Morgan fingerprint density at radius 3 is 1.38 bits per heavy atom. The normalized spacial score (nSPS) is 12.2. The number of aliphatic hydroxyl groups is 2. The van der Waals surface area contributed by atoms with Gasteiger partial charge >= 0.3 is 41.7 Å². The summed E-state index contributed by atoms with van der Waals surface area (Å²) in [6.07, 6.45) is -2.88. The lowest BCUT2D eigenvalue weighted by Crippen LogP contribution is -2.50. The van der Waals surface area contributed by atoms with Crippen LogP contribution in [-0.2, 0) is 65.6 Å². The molecular formula is C49H56Cl2F2N4O14. The van der Waals surface area contributed by atoms with Crippen LogP contribution < -0.4 is 10.9 Å². The molecule has 0 saturated heterocycles. The van der Waals surface area contributed by atoms with Gasteiger partial charge in [0.1, 0.15) is 22.8 Å². The number of ether oxygens (including phenoxy) is 4. The van der Waals surface area contributed by atoms with E-state index in [9.17, 15) is 52.6 Å². The number of aliphatic carboxylic acids is 1. The minimum absolute atomic E-state index is 0.0445. The predicted octanol–water partition coefficient (Wildman–Crippen LogP) is 6.29. The highest BCUT2D eigenvalue weighted by Crippen LogP contribution is 2.28. The fourth-order valence-electron chi connectivity index (χ4n) is 5.88. The summed E-state index contributed by atoms with van der Waals surface area (Å²) in [5.41, 5.74) is 5.63. The molecule has 0 aliphatic carbocycles. The Morgan fingerprint density at radius 1 is 0.620 bits per heavy atom. The molecule has 18 nitrogen and oxygen atoms in total. The van der Waals surface area contributed by atoms with Gasteiger partial charge in [0, 0.05) is 40.7 Å². The van der Waals surface area contributed by atoms with Crippen LogP contribution in [0.5, 0.6) is 0 Å². The SMILES string of the molecule is CC(C)(C)OC(=O)C(=O)NN(Cc1ccc(-c2cc(Cl)ccc2F)cc1)C[C@@H](O)C(=O)O.CCCC(=O)OCOC(=O)[C@H](O)CN(Cc1ccc(-c2cc(Cl)ccc2F)cc1)NC(=O)C(=O)OC(C)(C)C. The number of carbonyl (C=O) groups excluding carboxylic acids is 6. The molecule has 0 saturated carbocycles. The van der Waals surface area contributed by atoms with E-state index in [0.29, 0.717) is 49.8 Å². The molecule has 71 heavy (non-hydrogen) atoms. The van der Waals surface area contributed by atoms with Crippen LogP contribution in [-0.4, -0.2) is 110 Å². The lowest BCUT2D eigenvalue weighted by Gasteiger charge is -2.26. The Morgan fingerprint density at radius 2 is 1.01 bits per heavy atom. The largest absolute Gasteiger partial charge is 0.479 e. The number of nitrogens with zero attached hydrogens (tertiary/aromatic N) is 2. The maximum Gasteiger partial charge on any atom is 0.398 e. The summed E-state index contributed by atoms with van der Waals surface area (Å²) in [6, 6.07) is 21.4. The Bertz CT molecular complexity index is 2500. The topological polar surface area (TPSA) is 248 Å². The number of halogens is 4. The number of esters is 4. The molecule has 2 amide bonds. The van der Waals surface area contributed by atoms with E-state index < -0.39 is 96.6 Å². The van der Waals surface area contributed by atoms with Crippen molar-refractivity contribution < 1.29 is 76.6 Å². The highest BCUT2D eigenvalue weighted by molar-refractivity contribution is 6.33. The molecule has 4 aromatic rings. The fraction of sp³-hybridized carbons (Fsp3) is 0.367. The lowest BCUT2D eigenvalue weighted by atomic mass is 10.0. The van der Waals surface area contributed by atoms with Gasteiger partial charge in [-0.15, -0.1) is 0 Å². The van der Waals surface area contributed by atoms with Crippen LogP contribution >= 0.6 is 23.2 Å². The number of amides is 2. The second-order valence-electron chi connectivity index (χ2n) is 17.5. The summed E-state index contributed by atoms with van der Waals surface area (Å²) >= 11 is 11.9. The van der Waals surface area contributed by atoms with Gasteiger partial charge in [0.25, 0.3) is 0 Å². The molecule has 0 unspecified atom stereocenters. The number of carbonyl (C=O) groups is 7. The van der Waals surface area contributed by atoms with Gasteiger partial charge in [0.15, 0.2) is 12.2 Å². The van der Waals surface area contributed by atoms with Crippen LogP contribution in [0.1, 0.15) is 72.4 Å². The first-order valence-corrected chi connectivity index (χ1v) is 22.5. The van der Waals surface area contributed by atoms with Crippen molar-refractivity contribution in [2.24, 2.45) is 0 Å². The van der Waals surface area contributed by atoms with Crippen LogP contribution in [0, 0.1) is 11.6 Å². The van der Waals surface area contributed by atoms with Crippen molar-refractivity contribution in [2.45, 2.75) is 97.8 Å². The molecule has 0 aromatic heterocycles. The van der Waals surface area contributed by atoms with E-state index in [0.717, 1.165) is 10.0 Å². The molecule has 0 bridgehead atoms. The monoisotopic (exact) mass is 1030 g/mol. The fourth-order valence-corrected chi connectivity index (χ4v) is 6.22. The highest BCUT2D eigenvalue weighted by Gasteiger charge is 2.29. The summed E-state index contributed by atoms with van der Waals surface area (Å²) in [4.78, 5) is 83.4. The van der Waals surface area contributed by atoms with Gasteiger partial charge in [-0.3, -0.25) is 25.2 Å². The smallest absolute Gasteiger partial charge is 0.398 e. The zero-order valence-electron chi connectivity index (χ0n) is 39.9. The van der Waals surface area contributed by atoms with Gasteiger partial charge in [0.2, 0.25) is 6.79 Å². The number of rotatable bonds is 18. The Kier molecular flexibility index (Phi) is 22.5. The number of carboxylic acid groups (broad SMARTS) is 1. The summed E-state index contributed by atoms with van der Waals surface area (Å²) in [5, 5.41) is 32.0. The average Bonchev–Trinajstić information content (AvgIpc) is 3.27. The third kappa shape index (κ3) is 21.1. The van der Waals surface area contributed by atoms with Crippen molar-refractivity contribution >= 4 is 64.9 Å². The minimum Gasteiger partial charge on any atom is -0.479 e. The van der Waals surface area contributed by atoms with E-state index in [1.165, 1.54) is 36.4 Å². The highest BCUT2D eigenvalue weighted by atomic mass is 35.5. The number of nitrogens with one attached hydrogen (secondary N) is 2. The van der Waals surface area contributed by atoms with Crippen molar-refractivity contribution in [3.63, 3.8) is 0 Å². The van der Waals surface area contributed by atoms with Crippen LogP contribution in [0.25, 0.3) is 22.3 Å². The maximum absolute atomic E-state index is 14.2. The predicted molar refractivity (Wildman–Crippen MR) is 254 cm³/mol. The Hall–Kier alpha value is -6.55. The molecule has 5 N–H and O–H groups in total. The zero-order chi connectivity index (χ0) is 53.2. The molecule has 4 rings (SSSR count). The Balaban J connectivity index is 0.000000383. The Labute approximate surface area is 418 Å². The first-order chi connectivity index (χ1) is 33.1. The van der Waals surface area contributed by atoms with Crippen molar-refractivity contribution in [3.05, 3.63) is 118 Å². The molecule has 0 aliphatic heterocycles. The van der Waals surface area contributed by atoms with Gasteiger partial charge < -0.3 is 34.3 Å². The number of hydrazine groups is 2. The van der Waals surface area contributed by atoms with Gasteiger partial charge in [0.05, 0.1) is 13.1 Å². The van der Waals surface area contributed by atoms with E-state index in [1.807, 2.05) is 0 Å². The van der Waals surface area contributed by atoms with E-state index in [1.54, 1.807) is 97.0 Å². The lowest BCUT2D eigenvalue weighted by molar-refractivity contribution is -0.175. The standard InChI is InChI=1S/C27H32ClFN2O8.C22H24ClFN2O6/c1-5-6-23(33)37-16-38-25(35)22(32)15-31(30-24(34)26(36)39-27(2,3)4)14-17-7-9-18(10-8-17)20-13-19(28)11-12-21(20)29;1-22(2,3)32-21(31)19(28)25-26(12-18(27)20(29)30)11-13-4-6-14(7-5-13)16-10-15(23)8-9-17(16)24/h7-13,22,32H,5-6,14-16H2,1-4H3,(H,30,34);4-10,18,27H,11-12H2,1-3H3,(H,25,28)(H,29,30)/t22-;18-/m11/s1. The maximum atomic E-state index is 14.2. The van der Waals surface area contributed by atoms with Gasteiger partial charge in [-0.2, -0.15) is 0 Å². The molecule has 0 spiro atoms. The van der Waals surface area contributed by atoms with Gasteiger partial charge in [-0.25, -0.2) is 38.0 Å². The summed E-state index contributed by atoms with van der Waals surface area (Å²) in [7, 11) is 0. The third-order valence-electron chi connectivity index (χ3n) is 9.04. The molecule has 22 heteroatoms. The molecule has 4 aromatic carbocycles. The molecule has 0 radical (unpaired) electrons. The van der Waals surface area contributed by atoms with Crippen LogP contribution in [0.15, 0.2) is 84.9 Å². The number of hydrogen-bond acceptors (Lipinski definition) is 15. The number of benzene rings is 4. The molecule has 384 valence electrons. The first-order valence-electron chi connectivity index (χ1n) is 21.7. The minimum atomic E-state index is -1.81. The average molecular weight is 1030 g/mol. The second-order valence-corrected chi connectivity index (χ2v) is 18.4. The van der Waals surface area contributed by atoms with Gasteiger partial charge in [-0.05, 0) is 107 Å². The van der Waals surface area contributed by atoms with Crippen LogP contribution in [0.4, 0.5) is 8.78 Å². The van der Waals surface area contributed by atoms with E-state index in [4.69, 9.17) is 47.3 Å². The second kappa shape index (κ2) is 27.2. The first kappa shape index (κ1) is 58.8. The van der Waals surface area contributed by atoms with E-state index in [-0.39, 0.29) is 19.5 Å². The zero-order valence-corrected chi connectivity index (χ0v) is 41.4. The third-order valence-corrected chi connectivity index (χ3v) is 9.51. The van der Waals surface area contributed by atoms with Crippen molar-refractivity contribution in [3.8, 4) is 22.3 Å². The van der Waals surface area contributed by atoms with E-state index >= 15 is 0 Å². The number of aliphatic hydroxyl groups excluding tert-OH is 2. The van der Waals surface area contributed by atoms with Crippen molar-refractivity contribution in [2.75, 3.05) is 19.9 Å². The molecule has 0 heterocycles. The number of hydrogen-bond donors (Lipinski definition) is 5. The van der Waals surface area contributed by atoms with Gasteiger partial charge in [-0.1, -0.05) is 78.7 Å². The summed E-state index contributed by atoms with van der Waals surface area (Å²) in [5.74, 6) is -8.63. The quantitative estimate of drug-likeness (QED) is 0.0242. The summed E-state index contributed by atoms with van der Waals surface area (Å²) < 4.78 is 47.9. The number of carboxylic acids is 1. The molecule has 2 atom stereocenters. The van der Waals surface area contributed by atoms with Crippen molar-refractivity contribution in [1.29, 1.82) is 0 Å². The molecular weight excluding hydrogens is 977 g/mol. The summed E-state index contributed by atoms with van der Waals surface area (Å²) in [6.45, 7) is 9.56.